The first-order chi connectivity index (χ1) is 14.0. The number of hydrogen-bond donors (Lipinski definition) is 0. The maximum Gasteiger partial charge on any atom is 0.246 e. The summed E-state index contributed by atoms with van der Waals surface area (Å²) in [6.45, 7) is 2.74. The van der Waals surface area contributed by atoms with E-state index in [1.165, 1.54) is 16.9 Å². The molecular weight excluding hydrogens is 377 g/mol. The van der Waals surface area contributed by atoms with Crippen molar-refractivity contribution in [3.05, 3.63) is 53.8 Å². The van der Waals surface area contributed by atoms with Gasteiger partial charge in [-0.05, 0) is 42.0 Å². The highest BCUT2D eigenvalue weighted by Gasteiger charge is 2.16. The van der Waals surface area contributed by atoms with Crippen LogP contribution in [0.5, 0.6) is 11.5 Å². The molecule has 3 aromatic rings. The van der Waals surface area contributed by atoms with Gasteiger partial charge in [-0.2, -0.15) is 4.80 Å². The van der Waals surface area contributed by atoms with Crippen LogP contribution in [0.4, 0.5) is 4.39 Å². The van der Waals surface area contributed by atoms with Crippen LogP contribution in [0.15, 0.2) is 42.5 Å². The fourth-order valence-electron chi connectivity index (χ4n) is 2.85. The van der Waals surface area contributed by atoms with Crippen LogP contribution in [0.25, 0.3) is 11.4 Å². The lowest BCUT2D eigenvalue weighted by Gasteiger charge is -2.21. The summed E-state index contributed by atoms with van der Waals surface area (Å²) in [6, 6.07) is 11.4. The monoisotopic (exact) mass is 399 g/mol. The number of carbonyl (C=O) groups is 1. The molecule has 0 atom stereocenters. The highest BCUT2D eigenvalue weighted by Crippen LogP contribution is 2.28. The summed E-state index contributed by atoms with van der Waals surface area (Å²) in [5.74, 6) is 0.946. The predicted octanol–water partition coefficient (Wildman–Crippen LogP) is 2.55. The molecule has 0 bridgehead atoms. The Kier molecular flexibility index (Phi) is 6.38. The van der Waals surface area contributed by atoms with Crippen LogP contribution in [-0.4, -0.2) is 51.8 Å². The second-order valence-corrected chi connectivity index (χ2v) is 6.25. The Morgan fingerprint density at radius 1 is 1.14 bits per heavy atom. The number of likely N-dealkylation sites (N-methyl/N-ethyl adjacent to an activating group) is 1. The molecule has 1 heterocycles. The molecule has 0 N–H and O–H groups in total. The molecule has 0 fully saturated rings. The average Bonchev–Trinajstić information content (AvgIpc) is 3.20. The molecule has 0 unspecified atom stereocenters. The normalized spacial score (nSPS) is 10.6. The Morgan fingerprint density at radius 3 is 2.62 bits per heavy atom. The van der Waals surface area contributed by atoms with Crippen molar-refractivity contribution in [3.8, 4) is 22.9 Å². The first kappa shape index (κ1) is 20.2. The number of aromatic nitrogens is 4. The maximum absolute atomic E-state index is 13.4. The predicted molar refractivity (Wildman–Crippen MR) is 104 cm³/mol. The first-order valence-electron chi connectivity index (χ1n) is 9.06. The number of hydrogen-bond acceptors (Lipinski definition) is 6. The number of methoxy groups -OCH3 is 2. The van der Waals surface area contributed by atoms with E-state index < -0.39 is 0 Å². The first-order valence-corrected chi connectivity index (χ1v) is 9.06. The lowest BCUT2D eigenvalue weighted by Crippen LogP contribution is -2.33. The Bertz CT molecular complexity index is 992. The van der Waals surface area contributed by atoms with Crippen LogP contribution in [0.2, 0.25) is 0 Å². The highest BCUT2D eigenvalue weighted by atomic mass is 19.1. The van der Waals surface area contributed by atoms with Crippen molar-refractivity contribution >= 4 is 5.91 Å². The molecule has 3 rings (SSSR count). The topological polar surface area (TPSA) is 82.4 Å². The zero-order valence-electron chi connectivity index (χ0n) is 16.5. The van der Waals surface area contributed by atoms with Crippen molar-refractivity contribution in [2.45, 2.75) is 20.0 Å². The smallest absolute Gasteiger partial charge is 0.246 e. The van der Waals surface area contributed by atoms with Gasteiger partial charge in [-0.3, -0.25) is 4.79 Å². The van der Waals surface area contributed by atoms with Crippen molar-refractivity contribution in [1.29, 1.82) is 0 Å². The number of nitrogens with zero attached hydrogens (tertiary/aromatic N) is 5. The van der Waals surface area contributed by atoms with Crippen molar-refractivity contribution in [2.75, 3.05) is 20.8 Å². The van der Waals surface area contributed by atoms with Gasteiger partial charge in [-0.1, -0.05) is 18.2 Å². The number of amides is 1. The summed E-state index contributed by atoms with van der Waals surface area (Å²) in [7, 11) is 3.14. The molecule has 0 aliphatic heterocycles. The fourth-order valence-corrected chi connectivity index (χ4v) is 2.85. The van der Waals surface area contributed by atoms with E-state index in [2.05, 4.69) is 15.4 Å². The minimum absolute atomic E-state index is 0.0660. The summed E-state index contributed by atoms with van der Waals surface area (Å²) in [4.78, 5) is 15.6. The average molecular weight is 399 g/mol. The van der Waals surface area contributed by atoms with Gasteiger partial charge in [0.1, 0.15) is 12.4 Å². The molecular formula is C20H22FN5O3. The van der Waals surface area contributed by atoms with E-state index in [9.17, 15) is 9.18 Å². The molecule has 9 heteroatoms. The van der Waals surface area contributed by atoms with E-state index >= 15 is 0 Å². The molecule has 152 valence electrons. The van der Waals surface area contributed by atoms with E-state index in [1.54, 1.807) is 37.3 Å². The van der Waals surface area contributed by atoms with E-state index in [0.29, 0.717) is 30.2 Å². The third kappa shape index (κ3) is 4.87. The minimum atomic E-state index is -0.387. The lowest BCUT2D eigenvalue weighted by molar-refractivity contribution is -0.132. The number of rotatable bonds is 8. The largest absolute Gasteiger partial charge is 0.493 e. The van der Waals surface area contributed by atoms with Gasteiger partial charge in [0.15, 0.2) is 11.5 Å². The third-order valence-electron chi connectivity index (χ3n) is 4.37. The van der Waals surface area contributed by atoms with Crippen molar-refractivity contribution in [2.24, 2.45) is 0 Å². The molecule has 0 aliphatic carbocycles. The second-order valence-electron chi connectivity index (χ2n) is 6.25. The molecule has 8 nitrogen and oxygen atoms in total. The van der Waals surface area contributed by atoms with Gasteiger partial charge in [0.05, 0.1) is 14.2 Å². The van der Waals surface area contributed by atoms with Crippen molar-refractivity contribution < 1.29 is 18.7 Å². The van der Waals surface area contributed by atoms with Gasteiger partial charge in [-0.15, -0.1) is 10.2 Å². The quantitative estimate of drug-likeness (QED) is 0.579. The van der Waals surface area contributed by atoms with Gasteiger partial charge < -0.3 is 14.4 Å². The molecule has 0 saturated heterocycles. The molecule has 0 spiro atoms. The second kappa shape index (κ2) is 9.13. The van der Waals surface area contributed by atoms with Gasteiger partial charge in [0, 0.05) is 18.7 Å². The lowest BCUT2D eigenvalue weighted by atomic mass is 10.2. The number of tetrazole rings is 1. The van der Waals surface area contributed by atoms with Gasteiger partial charge in [0.25, 0.3) is 0 Å². The van der Waals surface area contributed by atoms with Crippen LogP contribution in [0, 0.1) is 5.82 Å². The third-order valence-corrected chi connectivity index (χ3v) is 4.37. The number of carbonyl (C=O) groups excluding carboxylic acids is 1. The van der Waals surface area contributed by atoms with Crippen molar-refractivity contribution in [1.82, 2.24) is 25.1 Å². The van der Waals surface area contributed by atoms with Crippen molar-refractivity contribution in [3.63, 3.8) is 0 Å². The molecule has 29 heavy (non-hydrogen) atoms. The zero-order chi connectivity index (χ0) is 20.8. The number of ether oxygens (including phenoxy) is 2. The standard InChI is InChI=1S/C20H22FN5O3/c1-4-25(12-14-8-9-17(28-2)18(10-14)29-3)19(27)13-26-23-20(22-24-26)15-6-5-7-16(21)11-15/h5-11H,4,12-13H2,1-3H3. The highest BCUT2D eigenvalue weighted by molar-refractivity contribution is 5.75. The molecule has 0 radical (unpaired) electrons. The van der Waals surface area contributed by atoms with Crippen LogP contribution in [0.1, 0.15) is 12.5 Å². The molecule has 1 aromatic heterocycles. The molecule has 1 amide bonds. The van der Waals surface area contributed by atoms with E-state index in [4.69, 9.17) is 9.47 Å². The van der Waals surface area contributed by atoms with E-state index in [1.807, 2.05) is 19.1 Å². The van der Waals surface area contributed by atoms with Gasteiger partial charge in [0.2, 0.25) is 11.7 Å². The van der Waals surface area contributed by atoms with E-state index in [0.717, 1.165) is 5.56 Å². The summed E-state index contributed by atoms with van der Waals surface area (Å²) >= 11 is 0. The summed E-state index contributed by atoms with van der Waals surface area (Å²) in [5, 5.41) is 12.0. The summed E-state index contributed by atoms with van der Waals surface area (Å²) in [6.07, 6.45) is 0. The number of halogens is 1. The van der Waals surface area contributed by atoms with Crippen LogP contribution in [0.3, 0.4) is 0 Å². The molecule has 0 aliphatic rings. The van der Waals surface area contributed by atoms with Gasteiger partial charge in [-0.25, -0.2) is 4.39 Å². The maximum atomic E-state index is 13.4. The Hall–Kier alpha value is -3.49. The van der Waals surface area contributed by atoms with Crippen LogP contribution >= 0.6 is 0 Å². The minimum Gasteiger partial charge on any atom is -0.493 e. The van der Waals surface area contributed by atoms with Crippen LogP contribution in [-0.2, 0) is 17.9 Å². The zero-order valence-corrected chi connectivity index (χ0v) is 16.5. The summed E-state index contributed by atoms with van der Waals surface area (Å²) < 4.78 is 23.9. The summed E-state index contributed by atoms with van der Waals surface area (Å²) in [5.41, 5.74) is 1.41. The Balaban J connectivity index is 1.69. The number of benzene rings is 2. The Morgan fingerprint density at radius 2 is 1.93 bits per heavy atom. The fraction of sp³-hybridized carbons (Fsp3) is 0.300. The van der Waals surface area contributed by atoms with E-state index in [-0.39, 0.29) is 24.1 Å². The van der Waals surface area contributed by atoms with Crippen LogP contribution < -0.4 is 9.47 Å². The molecule has 2 aromatic carbocycles. The van der Waals surface area contributed by atoms with Gasteiger partial charge >= 0.3 is 0 Å². The SMILES string of the molecule is CCN(Cc1ccc(OC)c(OC)c1)C(=O)Cn1nnc(-c2cccc(F)c2)n1. The Labute approximate surface area is 167 Å². The molecule has 0 saturated carbocycles.